The molecule has 0 radical (unpaired) electrons. The minimum absolute atomic E-state index is 0.0131. The Labute approximate surface area is 244 Å². The Bertz CT molecular complexity index is 1400. The SMILES string of the molecule is CCOP(=O)(Cn1cncc1-c1ccc(NC(=O)Nc2cccc(CNC(=O)O[C@H]3CCOC3)c2)cc1OC)OCC. The number of carbonyl (C=O) groups is 2. The quantitative estimate of drug-likeness (QED) is 0.218. The summed E-state index contributed by atoms with van der Waals surface area (Å²) in [6, 6.07) is 11.8. The molecule has 0 saturated carbocycles. The minimum Gasteiger partial charge on any atom is -0.496 e. The smallest absolute Gasteiger partial charge is 0.407 e. The summed E-state index contributed by atoms with van der Waals surface area (Å²) in [6.45, 7) is 5.25. The van der Waals surface area contributed by atoms with Gasteiger partial charge in [-0.1, -0.05) is 12.1 Å². The maximum Gasteiger partial charge on any atom is 0.407 e. The summed E-state index contributed by atoms with van der Waals surface area (Å²) in [4.78, 5) is 29.0. The van der Waals surface area contributed by atoms with Gasteiger partial charge in [-0.05, 0) is 43.7 Å². The van der Waals surface area contributed by atoms with Crippen LogP contribution in [0.2, 0.25) is 0 Å². The number of carbonyl (C=O) groups excluding carboxylic acids is 2. The molecule has 226 valence electrons. The highest BCUT2D eigenvalue weighted by Crippen LogP contribution is 2.50. The van der Waals surface area contributed by atoms with E-state index in [-0.39, 0.29) is 32.1 Å². The van der Waals surface area contributed by atoms with E-state index in [1.807, 2.05) is 6.07 Å². The van der Waals surface area contributed by atoms with Crippen LogP contribution < -0.4 is 20.7 Å². The van der Waals surface area contributed by atoms with E-state index < -0.39 is 19.7 Å². The molecule has 3 amide bonds. The largest absolute Gasteiger partial charge is 0.496 e. The maximum atomic E-state index is 13.1. The van der Waals surface area contributed by atoms with Crippen LogP contribution in [0.5, 0.6) is 5.75 Å². The molecule has 13 nitrogen and oxygen atoms in total. The molecule has 1 fully saturated rings. The summed E-state index contributed by atoms with van der Waals surface area (Å²) in [7, 11) is -1.86. The van der Waals surface area contributed by atoms with Crippen molar-refractivity contribution in [1.82, 2.24) is 14.9 Å². The number of hydrogen-bond donors (Lipinski definition) is 3. The number of hydrogen-bond acceptors (Lipinski definition) is 9. The summed E-state index contributed by atoms with van der Waals surface area (Å²) in [5.41, 5.74) is 3.15. The molecule has 0 spiro atoms. The highest BCUT2D eigenvalue weighted by molar-refractivity contribution is 7.52. The third-order valence-electron chi connectivity index (χ3n) is 6.21. The number of rotatable bonds is 13. The number of ether oxygens (including phenoxy) is 3. The van der Waals surface area contributed by atoms with Crippen LogP contribution in [0, 0.1) is 0 Å². The molecule has 0 unspecified atom stereocenters. The first-order valence-corrected chi connectivity index (χ1v) is 15.3. The third kappa shape index (κ3) is 8.56. The van der Waals surface area contributed by atoms with Gasteiger partial charge in [0.25, 0.3) is 0 Å². The summed E-state index contributed by atoms with van der Waals surface area (Å²) in [5.74, 6) is 0.473. The Hall–Kier alpha value is -3.90. The lowest BCUT2D eigenvalue weighted by molar-refractivity contribution is 0.0828. The van der Waals surface area contributed by atoms with E-state index in [0.717, 1.165) is 5.56 Å². The monoisotopic (exact) mass is 601 g/mol. The first kappa shape index (κ1) is 31.0. The molecule has 3 N–H and O–H groups in total. The predicted octanol–water partition coefficient (Wildman–Crippen LogP) is 5.44. The van der Waals surface area contributed by atoms with E-state index in [2.05, 4.69) is 20.9 Å². The van der Waals surface area contributed by atoms with E-state index >= 15 is 0 Å². The summed E-state index contributed by atoms with van der Waals surface area (Å²) in [6.07, 6.45) is 3.12. The van der Waals surface area contributed by atoms with Crippen LogP contribution in [0.15, 0.2) is 55.0 Å². The zero-order valence-corrected chi connectivity index (χ0v) is 24.7. The van der Waals surface area contributed by atoms with E-state index in [4.69, 9.17) is 23.3 Å². The molecule has 1 saturated heterocycles. The molecule has 2 heterocycles. The number of nitrogens with one attached hydrogen (secondary N) is 3. The van der Waals surface area contributed by atoms with Crippen molar-refractivity contribution in [2.75, 3.05) is 44.2 Å². The van der Waals surface area contributed by atoms with Gasteiger partial charge in [-0.25, -0.2) is 14.6 Å². The Kier molecular flexibility index (Phi) is 11.0. The zero-order valence-electron chi connectivity index (χ0n) is 23.8. The summed E-state index contributed by atoms with van der Waals surface area (Å²) < 4.78 is 41.7. The lowest BCUT2D eigenvalue weighted by atomic mass is 10.1. The van der Waals surface area contributed by atoms with Gasteiger partial charge < -0.3 is 43.8 Å². The molecule has 2 aromatic carbocycles. The lowest BCUT2D eigenvalue weighted by Gasteiger charge is -2.19. The van der Waals surface area contributed by atoms with Crippen molar-refractivity contribution >= 4 is 31.1 Å². The van der Waals surface area contributed by atoms with Gasteiger partial charge in [0.2, 0.25) is 0 Å². The average Bonchev–Trinajstić information content (AvgIpc) is 3.64. The van der Waals surface area contributed by atoms with Gasteiger partial charge in [0.15, 0.2) is 0 Å². The number of anilines is 2. The molecule has 0 aliphatic carbocycles. The van der Waals surface area contributed by atoms with Crippen molar-refractivity contribution in [1.29, 1.82) is 0 Å². The fourth-order valence-corrected chi connectivity index (χ4v) is 5.99. The Morgan fingerprint density at radius 3 is 2.55 bits per heavy atom. The maximum absolute atomic E-state index is 13.1. The van der Waals surface area contributed by atoms with Crippen molar-refractivity contribution in [2.24, 2.45) is 0 Å². The molecular weight excluding hydrogens is 565 g/mol. The summed E-state index contributed by atoms with van der Waals surface area (Å²) in [5, 5.41) is 8.30. The second kappa shape index (κ2) is 14.8. The second-order valence-electron chi connectivity index (χ2n) is 9.28. The topological polar surface area (TPSA) is 151 Å². The predicted molar refractivity (Wildman–Crippen MR) is 157 cm³/mol. The van der Waals surface area contributed by atoms with Crippen molar-refractivity contribution in [3.63, 3.8) is 0 Å². The van der Waals surface area contributed by atoms with Crippen LogP contribution >= 0.6 is 7.60 Å². The fraction of sp³-hybridized carbons (Fsp3) is 0.393. The van der Waals surface area contributed by atoms with E-state index in [0.29, 0.717) is 48.0 Å². The molecule has 0 bridgehead atoms. The zero-order chi connectivity index (χ0) is 30.0. The average molecular weight is 602 g/mol. The molecule has 3 aromatic rings. The van der Waals surface area contributed by atoms with E-state index in [1.54, 1.807) is 67.3 Å². The standard InChI is InChI=1S/C28H36N5O8P/c1-4-39-42(36,40-5-2)19-33-18-29-16-25(33)24-10-9-22(14-26(24)37-3)32-27(34)31-21-8-6-7-20(13-21)15-30-28(35)41-23-11-12-38-17-23/h6-10,13-14,16,18,23H,4-5,11-12,15,17,19H2,1-3H3,(H,30,35)(H2,31,32,34)/t23-/m0/s1. The van der Waals surface area contributed by atoms with Gasteiger partial charge in [0, 0.05) is 36.0 Å². The van der Waals surface area contributed by atoms with Crippen molar-refractivity contribution in [3.8, 4) is 17.0 Å². The fourth-order valence-electron chi connectivity index (χ4n) is 4.36. The molecule has 42 heavy (non-hydrogen) atoms. The number of amides is 3. The first-order chi connectivity index (χ1) is 20.3. The van der Waals surface area contributed by atoms with Crippen molar-refractivity contribution in [3.05, 3.63) is 60.6 Å². The Balaban J connectivity index is 1.38. The van der Waals surface area contributed by atoms with Crippen LogP contribution in [-0.2, 0) is 35.9 Å². The molecule has 14 heteroatoms. The van der Waals surface area contributed by atoms with Crippen LogP contribution in [0.3, 0.4) is 0 Å². The van der Waals surface area contributed by atoms with Gasteiger partial charge >= 0.3 is 19.7 Å². The lowest BCUT2D eigenvalue weighted by Crippen LogP contribution is -2.28. The first-order valence-electron chi connectivity index (χ1n) is 13.6. The number of nitrogens with zero attached hydrogens (tertiary/aromatic N) is 2. The van der Waals surface area contributed by atoms with Crippen LogP contribution in [0.4, 0.5) is 21.0 Å². The van der Waals surface area contributed by atoms with Crippen LogP contribution in [-0.4, -0.2) is 61.3 Å². The number of benzene rings is 2. The van der Waals surface area contributed by atoms with E-state index in [9.17, 15) is 14.2 Å². The minimum atomic E-state index is -3.38. The third-order valence-corrected chi connectivity index (χ3v) is 8.16. The molecule has 1 aliphatic heterocycles. The normalized spacial score (nSPS) is 14.8. The highest BCUT2D eigenvalue weighted by atomic mass is 31.2. The number of urea groups is 1. The van der Waals surface area contributed by atoms with Gasteiger partial charge in [0.05, 0.1) is 51.8 Å². The number of alkyl carbamates (subject to hydrolysis) is 1. The van der Waals surface area contributed by atoms with Crippen LogP contribution in [0.25, 0.3) is 11.3 Å². The van der Waals surface area contributed by atoms with Gasteiger partial charge in [-0.3, -0.25) is 4.57 Å². The highest BCUT2D eigenvalue weighted by Gasteiger charge is 2.26. The molecular formula is C28H36N5O8P. The Morgan fingerprint density at radius 1 is 1.10 bits per heavy atom. The van der Waals surface area contributed by atoms with Crippen molar-refractivity contribution < 1.29 is 37.4 Å². The number of aromatic nitrogens is 2. The van der Waals surface area contributed by atoms with Crippen molar-refractivity contribution in [2.45, 2.75) is 39.2 Å². The second-order valence-corrected chi connectivity index (χ2v) is 11.3. The molecule has 1 aromatic heterocycles. The summed E-state index contributed by atoms with van der Waals surface area (Å²) >= 11 is 0. The molecule has 4 rings (SSSR count). The molecule has 1 atom stereocenters. The van der Waals surface area contributed by atoms with Crippen LogP contribution in [0.1, 0.15) is 25.8 Å². The Morgan fingerprint density at radius 2 is 1.86 bits per heavy atom. The number of methoxy groups -OCH3 is 1. The van der Waals surface area contributed by atoms with Gasteiger partial charge in [-0.15, -0.1) is 0 Å². The van der Waals surface area contributed by atoms with Gasteiger partial charge in [0.1, 0.15) is 18.1 Å². The van der Waals surface area contributed by atoms with Gasteiger partial charge in [-0.2, -0.15) is 0 Å². The molecule has 1 aliphatic rings. The number of imidazole rings is 1. The van der Waals surface area contributed by atoms with E-state index in [1.165, 1.54) is 7.11 Å².